The first-order valence-corrected chi connectivity index (χ1v) is 9.43. The maximum Gasteiger partial charge on any atom is 0.415 e. The van der Waals surface area contributed by atoms with Gasteiger partial charge < -0.3 is 14.6 Å². The Hall–Kier alpha value is -2.71. The van der Waals surface area contributed by atoms with Gasteiger partial charge in [0.15, 0.2) is 5.82 Å². The predicted molar refractivity (Wildman–Crippen MR) is 102 cm³/mol. The Morgan fingerprint density at radius 3 is 2.67 bits per heavy atom. The van der Waals surface area contributed by atoms with Gasteiger partial charge in [-0.15, -0.1) is 0 Å². The fourth-order valence-corrected chi connectivity index (χ4v) is 2.45. The van der Waals surface area contributed by atoms with Gasteiger partial charge in [-0.25, -0.2) is 9.78 Å². The summed E-state index contributed by atoms with van der Waals surface area (Å²) in [6, 6.07) is 1.50. The average molecular weight is 376 g/mol. The number of carbonyl (C=O) groups is 1. The highest BCUT2D eigenvalue weighted by Crippen LogP contribution is 2.23. The number of aromatic nitrogens is 4. The molecule has 1 unspecified atom stereocenters. The van der Waals surface area contributed by atoms with Crippen LogP contribution in [0.2, 0.25) is 0 Å². The Bertz CT molecular complexity index is 721. The first kappa shape index (κ1) is 20.6. The summed E-state index contributed by atoms with van der Waals surface area (Å²) >= 11 is 0. The van der Waals surface area contributed by atoms with Crippen molar-refractivity contribution in [3.63, 3.8) is 0 Å². The fourth-order valence-electron chi connectivity index (χ4n) is 2.45. The smallest absolute Gasteiger partial charge is 0.415 e. The average Bonchev–Trinajstić information content (AvgIpc) is 3.28. The lowest BCUT2D eigenvalue weighted by atomic mass is 10.1. The lowest BCUT2D eigenvalue weighted by Crippen LogP contribution is -2.25. The number of hydrogen-bond donors (Lipinski definition) is 1. The van der Waals surface area contributed by atoms with Crippen LogP contribution in [0.3, 0.4) is 0 Å². The van der Waals surface area contributed by atoms with E-state index in [9.17, 15) is 4.79 Å². The highest BCUT2D eigenvalue weighted by Gasteiger charge is 2.25. The van der Waals surface area contributed by atoms with E-state index in [1.165, 1.54) is 11.3 Å². The summed E-state index contributed by atoms with van der Waals surface area (Å²) < 4.78 is 10.2. The van der Waals surface area contributed by atoms with Crippen molar-refractivity contribution in [3.8, 4) is 0 Å². The number of unbranched alkanes of at least 4 members (excludes halogenated alkanes) is 1. The molecular formula is C18H28N6O3. The van der Waals surface area contributed by atoms with Gasteiger partial charge in [0.25, 0.3) is 0 Å². The number of nitrogens with one attached hydrogen (secondary N) is 1. The van der Waals surface area contributed by atoms with Crippen LogP contribution in [0.1, 0.15) is 64.2 Å². The number of ether oxygens (including phenoxy) is 1. The summed E-state index contributed by atoms with van der Waals surface area (Å²) in [6.07, 6.45) is 5.32. The molecule has 1 aliphatic rings. The number of carbonyl (C=O) groups excluding carboxylic acids is 1. The Morgan fingerprint density at radius 1 is 1.30 bits per heavy atom. The third kappa shape index (κ3) is 5.90. The van der Waals surface area contributed by atoms with E-state index >= 15 is 0 Å². The quantitative estimate of drug-likeness (QED) is 0.776. The molecule has 0 aromatic carbocycles. The van der Waals surface area contributed by atoms with E-state index in [1.54, 1.807) is 19.2 Å². The number of rotatable bonds is 7. The second-order valence-corrected chi connectivity index (χ2v) is 6.23. The van der Waals surface area contributed by atoms with Crippen molar-refractivity contribution in [3.05, 3.63) is 24.0 Å². The molecule has 2 aromatic heterocycles. The van der Waals surface area contributed by atoms with Crippen molar-refractivity contribution in [2.24, 2.45) is 0 Å². The topological polar surface area (TPSA) is 106 Å². The molecule has 0 saturated carbocycles. The maximum absolute atomic E-state index is 11.7. The minimum atomic E-state index is -0.394. The minimum Gasteiger partial charge on any atom is -0.447 e. The Balaban J connectivity index is 0.000000817. The van der Waals surface area contributed by atoms with E-state index in [2.05, 4.69) is 46.2 Å². The summed E-state index contributed by atoms with van der Waals surface area (Å²) in [7, 11) is 0. The van der Waals surface area contributed by atoms with Crippen molar-refractivity contribution in [1.29, 1.82) is 0 Å². The van der Waals surface area contributed by atoms with Crippen molar-refractivity contribution in [1.82, 2.24) is 20.1 Å². The fraction of sp³-hybridized carbons (Fsp3) is 0.611. The van der Waals surface area contributed by atoms with Crippen LogP contribution in [0.5, 0.6) is 0 Å². The molecule has 9 nitrogen and oxygen atoms in total. The SMILES string of the molecule is CCC.CCCCC(Nc1nccc(N2CCOC2=O)n1)c1nc(C)no1. The monoisotopic (exact) mass is 376 g/mol. The van der Waals surface area contributed by atoms with Crippen molar-refractivity contribution in [2.75, 3.05) is 23.4 Å². The molecule has 0 aliphatic carbocycles. The van der Waals surface area contributed by atoms with Crippen LogP contribution in [0.25, 0.3) is 0 Å². The van der Waals surface area contributed by atoms with E-state index in [0.717, 1.165) is 19.3 Å². The normalized spacial score (nSPS) is 14.4. The van der Waals surface area contributed by atoms with Gasteiger partial charge in [0.2, 0.25) is 11.8 Å². The first-order valence-electron chi connectivity index (χ1n) is 9.43. The summed E-state index contributed by atoms with van der Waals surface area (Å²) in [5.41, 5.74) is 0. The number of amides is 1. The molecule has 1 saturated heterocycles. The van der Waals surface area contributed by atoms with E-state index in [-0.39, 0.29) is 6.04 Å². The Labute approximate surface area is 159 Å². The molecule has 1 amide bonds. The molecule has 0 bridgehead atoms. The van der Waals surface area contributed by atoms with E-state index < -0.39 is 6.09 Å². The molecule has 1 N–H and O–H groups in total. The van der Waals surface area contributed by atoms with Crippen LogP contribution >= 0.6 is 0 Å². The van der Waals surface area contributed by atoms with Gasteiger partial charge >= 0.3 is 6.09 Å². The molecule has 1 fully saturated rings. The largest absolute Gasteiger partial charge is 0.447 e. The van der Waals surface area contributed by atoms with Gasteiger partial charge in [-0.2, -0.15) is 9.97 Å². The second kappa shape index (κ2) is 10.4. The van der Waals surface area contributed by atoms with E-state index in [4.69, 9.17) is 9.26 Å². The first-order chi connectivity index (χ1) is 13.1. The maximum atomic E-state index is 11.7. The van der Waals surface area contributed by atoms with Gasteiger partial charge in [0, 0.05) is 6.20 Å². The molecule has 1 aliphatic heterocycles. The standard InChI is InChI=1S/C15H20N6O3.C3H8/c1-3-4-5-11(13-17-10(2)20-24-13)18-14-16-7-6-12(19-14)21-8-9-23-15(21)22;1-3-2/h6-7,11H,3-5,8-9H2,1-2H3,(H,16,18,19);3H2,1-2H3. The number of aryl methyl sites for hydroxylation is 1. The summed E-state index contributed by atoms with van der Waals surface area (Å²) in [5, 5.41) is 7.07. The molecule has 3 rings (SSSR count). The predicted octanol–water partition coefficient (Wildman–Crippen LogP) is 3.88. The minimum absolute atomic E-state index is 0.174. The molecule has 9 heteroatoms. The van der Waals surface area contributed by atoms with Gasteiger partial charge in [0.1, 0.15) is 18.5 Å². The molecular weight excluding hydrogens is 348 g/mol. The van der Waals surface area contributed by atoms with Crippen molar-refractivity contribution in [2.45, 2.75) is 59.4 Å². The molecule has 2 aromatic rings. The highest BCUT2D eigenvalue weighted by molar-refractivity contribution is 5.88. The van der Waals surface area contributed by atoms with Crippen LogP contribution in [0, 0.1) is 6.92 Å². The highest BCUT2D eigenvalue weighted by atomic mass is 16.6. The van der Waals surface area contributed by atoms with Gasteiger partial charge in [-0.3, -0.25) is 4.90 Å². The zero-order valence-electron chi connectivity index (χ0n) is 16.4. The number of anilines is 2. The van der Waals surface area contributed by atoms with Crippen molar-refractivity contribution >= 4 is 17.9 Å². The number of hydrogen-bond acceptors (Lipinski definition) is 8. The zero-order valence-corrected chi connectivity index (χ0v) is 16.4. The second-order valence-electron chi connectivity index (χ2n) is 6.23. The van der Waals surface area contributed by atoms with Crippen LogP contribution in [0.4, 0.5) is 16.6 Å². The van der Waals surface area contributed by atoms with E-state index in [0.29, 0.717) is 36.6 Å². The molecule has 1 atom stereocenters. The number of nitrogens with zero attached hydrogens (tertiary/aromatic N) is 5. The van der Waals surface area contributed by atoms with Gasteiger partial charge in [0.05, 0.1) is 6.54 Å². The van der Waals surface area contributed by atoms with Crippen LogP contribution < -0.4 is 10.2 Å². The van der Waals surface area contributed by atoms with E-state index in [1.807, 2.05) is 0 Å². The molecule has 0 radical (unpaired) electrons. The Kier molecular flexibility index (Phi) is 7.97. The molecule has 0 spiro atoms. The Morgan fingerprint density at radius 2 is 2.07 bits per heavy atom. The summed E-state index contributed by atoms with van der Waals surface area (Å²) in [5.74, 6) is 2.01. The van der Waals surface area contributed by atoms with Crippen LogP contribution in [0.15, 0.2) is 16.8 Å². The van der Waals surface area contributed by atoms with Crippen LogP contribution in [-0.2, 0) is 4.74 Å². The van der Waals surface area contributed by atoms with Gasteiger partial charge in [-0.05, 0) is 19.4 Å². The third-order valence-corrected chi connectivity index (χ3v) is 3.67. The zero-order chi connectivity index (χ0) is 19.6. The molecule has 27 heavy (non-hydrogen) atoms. The lowest BCUT2D eigenvalue weighted by Gasteiger charge is -2.16. The molecule has 148 valence electrons. The molecule has 3 heterocycles. The number of cyclic esters (lactones) is 1. The van der Waals surface area contributed by atoms with Crippen molar-refractivity contribution < 1.29 is 14.1 Å². The van der Waals surface area contributed by atoms with Crippen LogP contribution in [-0.4, -0.2) is 39.4 Å². The van der Waals surface area contributed by atoms with Gasteiger partial charge in [-0.1, -0.05) is 45.2 Å². The third-order valence-electron chi connectivity index (χ3n) is 3.67. The summed E-state index contributed by atoms with van der Waals surface area (Å²) in [4.78, 5) is 26.1. The lowest BCUT2D eigenvalue weighted by molar-refractivity contribution is 0.181. The summed E-state index contributed by atoms with van der Waals surface area (Å²) in [6.45, 7) is 9.00.